The summed E-state index contributed by atoms with van der Waals surface area (Å²) in [6.07, 6.45) is -0.635. The maximum atomic E-state index is 13.2. The van der Waals surface area contributed by atoms with Gasteiger partial charge in [0.15, 0.2) is 0 Å². The molecule has 1 heterocycles. The molecule has 0 bridgehead atoms. The number of fused-ring (bicyclic) bond motifs is 1. The number of ether oxygens (including phenoxy) is 2. The van der Waals surface area contributed by atoms with Crippen LogP contribution in [-0.2, 0) is 14.8 Å². The fourth-order valence-corrected chi connectivity index (χ4v) is 4.14. The second-order valence-corrected chi connectivity index (χ2v) is 9.69. The zero-order valence-electron chi connectivity index (χ0n) is 16.4. The van der Waals surface area contributed by atoms with Gasteiger partial charge in [-0.25, -0.2) is 17.6 Å². The molecule has 1 aliphatic heterocycles. The normalized spacial score (nSPS) is 14.0. The third kappa shape index (κ3) is 4.97. The minimum absolute atomic E-state index is 0.0327. The van der Waals surface area contributed by atoms with Gasteiger partial charge in [-0.1, -0.05) is 20.8 Å². The lowest BCUT2D eigenvalue weighted by Gasteiger charge is -2.30. The van der Waals surface area contributed by atoms with Crippen molar-refractivity contribution in [3.8, 4) is 5.75 Å². The van der Waals surface area contributed by atoms with Gasteiger partial charge >= 0.3 is 6.09 Å². The molecule has 0 saturated carbocycles. The summed E-state index contributed by atoms with van der Waals surface area (Å²) in [5, 5.41) is 2.60. The summed E-state index contributed by atoms with van der Waals surface area (Å²) in [7, 11) is -3.92. The highest BCUT2D eigenvalue weighted by molar-refractivity contribution is 7.92. The van der Waals surface area contributed by atoms with Crippen LogP contribution in [0.2, 0.25) is 0 Å². The fourth-order valence-electron chi connectivity index (χ4n) is 2.69. The Morgan fingerprint density at radius 3 is 2.55 bits per heavy atom. The highest BCUT2D eigenvalue weighted by atomic mass is 32.2. The van der Waals surface area contributed by atoms with E-state index in [-0.39, 0.29) is 35.8 Å². The van der Waals surface area contributed by atoms with E-state index in [0.717, 1.165) is 12.1 Å². The van der Waals surface area contributed by atoms with Crippen molar-refractivity contribution in [2.45, 2.75) is 25.7 Å². The molecular weight excluding hydrogens is 399 g/mol. The highest BCUT2D eigenvalue weighted by Crippen LogP contribution is 2.37. The van der Waals surface area contributed by atoms with E-state index >= 15 is 0 Å². The average molecular weight is 422 g/mol. The summed E-state index contributed by atoms with van der Waals surface area (Å²) < 4.78 is 51.2. The molecule has 0 aliphatic carbocycles. The maximum absolute atomic E-state index is 13.2. The monoisotopic (exact) mass is 422 g/mol. The first kappa shape index (κ1) is 20.9. The molecule has 3 rings (SSSR count). The summed E-state index contributed by atoms with van der Waals surface area (Å²) in [5.41, 5.74) is 0.475. The van der Waals surface area contributed by atoms with Crippen molar-refractivity contribution in [1.82, 2.24) is 0 Å². The molecular formula is C20H23FN2O5S. The molecule has 0 radical (unpaired) electrons. The number of hydrogen-bond donors (Lipinski definition) is 1. The third-order valence-corrected chi connectivity index (χ3v) is 5.89. The lowest BCUT2D eigenvalue weighted by Crippen LogP contribution is -2.38. The number of rotatable bonds is 4. The topological polar surface area (TPSA) is 84.9 Å². The molecule has 7 nitrogen and oxygen atoms in total. The molecule has 9 heteroatoms. The summed E-state index contributed by atoms with van der Waals surface area (Å²) in [6, 6.07) is 9.31. The molecule has 1 amide bonds. The molecule has 0 unspecified atom stereocenters. The summed E-state index contributed by atoms with van der Waals surface area (Å²) >= 11 is 0. The van der Waals surface area contributed by atoms with Gasteiger partial charge in [-0.15, -0.1) is 0 Å². The number of benzene rings is 2. The Bertz CT molecular complexity index is 1000. The number of carbonyl (C=O) groups excluding carboxylic acids is 1. The molecule has 29 heavy (non-hydrogen) atoms. The molecule has 2 aromatic carbocycles. The Morgan fingerprint density at radius 2 is 1.90 bits per heavy atom. The Hall–Kier alpha value is -2.81. The van der Waals surface area contributed by atoms with Crippen LogP contribution in [0.15, 0.2) is 47.4 Å². The largest absolute Gasteiger partial charge is 0.489 e. The summed E-state index contributed by atoms with van der Waals surface area (Å²) in [5.74, 6) is -0.151. The van der Waals surface area contributed by atoms with Gasteiger partial charge in [0.2, 0.25) is 0 Å². The minimum atomic E-state index is -3.92. The SMILES string of the molecule is CC(C)(C)COC(=O)Nc1ccc2c(c1)N(S(=O)(=O)c1ccc(F)cc1)CCO2. The third-order valence-electron chi connectivity index (χ3n) is 4.06. The van der Waals surface area contributed by atoms with Crippen LogP contribution in [0.3, 0.4) is 0 Å². The van der Waals surface area contributed by atoms with Crippen molar-refractivity contribution in [1.29, 1.82) is 0 Å². The summed E-state index contributed by atoms with van der Waals surface area (Å²) in [6.45, 7) is 6.31. The molecule has 1 aliphatic rings. The molecule has 0 aromatic heterocycles. The fraction of sp³-hybridized carbons (Fsp3) is 0.350. The van der Waals surface area contributed by atoms with Gasteiger partial charge < -0.3 is 9.47 Å². The van der Waals surface area contributed by atoms with Crippen molar-refractivity contribution < 1.29 is 27.1 Å². The molecule has 0 fully saturated rings. The number of anilines is 2. The van der Waals surface area contributed by atoms with E-state index in [9.17, 15) is 17.6 Å². The highest BCUT2D eigenvalue weighted by Gasteiger charge is 2.30. The quantitative estimate of drug-likeness (QED) is 0.805. The summed E-state index contributed by atoms with van der Waals surface area (Å²) in [4.78, 5) is 12.0. The van der Waals surface area contributed by atoms with Gasteiger partial charge in [0.05, 0.1) is 23.7 Å². The van der Waals surface area contributed by atoms with E-state index in [2.05, 4.69) is 5.32 Å². The minimum Gasteiger partial charge on any atom is -0.489 e. The van der Waals surface area contributed by atoms with Crippen LogP contribution in [0, 0.1) is 11.2 Å². The standard InChI is InChI=1S/C20H23FN2O5S/c1-20(2,3)13-28-19(24)22-15-6-9-18-17(12-15)23(10-11-27-18)29(25,26)16-7-4-14(21)5-8-16/h4-9,12H,10-11,13H2,1-3H3,(H,22,24). The van der Waals surface area contributed by atoms with Gasteiger partial charge in [0, 0.05) is 5.69 Å². The number of nitrogens with zero attached hydrogens (tertiary/aromatic N) is 1. The van der Waals surface area contributed by atoms with Crippen LogP contribution >= 0.6 is 0 Å². The lowest BCUT2D eigenvalue weighted by atomic mass is 9.99. The lowest BCUT2D eigenvalue weighted by molar-refractivity contribution is 0.118. The van der Waals surface area contributed by atoms with E-state index in [0.29, 0.717) is 11.4 Å². The molecule has 0 spiro atoms. The molecule has 0 saturated heterocycles. The zero-order chi connectivity index (χ0) is 21.2. The first-order valence-corrected chi connectivity index (χ1v) is 10.5. The number of amides is 1. The van der Waals surface area contributed by atoms with Gasteiger partial charge in [0.1, 0.15) is 18.2 Å². The first-order valence-electron chi connectivity index (χ1n) is 9.05. The Labute approximate surface area is 169 Å². The Morgan fingerprint density at radius 1 is 1.21 bits per heavy atom. The first-order chi connectivity index (χ1) is 13.6. The average Bonchev–Trinajstić information content (AvgIpc) is 2.65. The van der Waals surface area contributed by atoms with Crippen molar-refractivity contribution >= 4 is 27.5 Å². The number of halogens is 1. The van der Waals surface area contributed by atoms with Gasteiger partial charge in [-0.05, 0) is 47.9 Å². The van der Waals surface area contributed by atoms with Crippen molar-refractivity contribution in [2.75, 3.05) is 29.4 Å². The van der Waals surface area contributed by atoms with Crippen LogP contribution in [-0.4, -0.2) is 34.3 Å². The van der Waals surface area contributed by atoms with Gasteiger partial charge in [-0.3, -0.25) is 9.62 Å². The van der Waals surface area contributed by atoms with E-state index in [1.54, 1.807) is 12.1 Å². The second kappa shape index (κ2) is 7.90. The second-order valence-electron chi connectivity index (χ2n) is 7.82. The van der Waals surface area contributed by atoms with E-state index < -0.39 is 21.9 Å². The van der Waals surface area contributed by atoms with Crippen molar-refractivity contribution in [2.24, 2.45) is 5.41 Å². The van der Waals surface area contributed by atoms with E-state index in [1.165, 1.54) is 22.5 Å². The molecule has 156 valence electrons. The van der Waals surface area contributed by atoms with Crippen molar-refractivity contribution in [3.05, 3.63) is 48.3 Å². The predicted octanol–water partition coefficient (Wildman–Crippen LogP) is 4.01. The number of nitrogens with one attached hydrogen (secondary N) is 1. The van der Waals surface area contributed by atoms with Crippen LogP contribution in [0.25, 0.3) is 0 Å². The van der Waals surface area contributed by atoms with Crippen LogP contribution in [0.5, 0.6) is 5.75 Å². The number of carbonyl (C=O) groups is 1. The van der Waals surface area contributed by atoms with Gasteiger partial charge in [-0.2, -0.15) is 0 Å². The van der Waals surface area contributed by atoms with E-state index in [1.807, 2.05) is 20.8 Å². The molecule has 0 atom stereocenters. The number of sulfonamides is 1. The molecule has 2 aromatic rings. The Balaban J connectivity index is 1.86. The molecule has 1 N–H and O–H groups in total. The van der Waals surface area contributed by atoms with Crippen LogP contribution < -0.4 is 14.4 Å². The maximum Gasteiger partial charge on any atom is 0.411 e. The zero-order valence-corrected chi connectivity index (χ0v) is 17.3. The Kier molecular flexibility index (Phi) is 5.70. The van der Waals surface area contributed by atoms with Crippen LogP contribution in [0.4, 0.5) is 20.6 Å². The van der Waals surface area contributed by atoms with Crippen LogP contribution in [0.1, 0.15) is 20.8 Å². The number of hydrogen-bond acceptors (Lipinski definition) is 5. The predicted molar refractivity (Wildman–Crippen MR) is 107 cm³/mol. The van der Waals surface area contributed by atoms with E-state index in [4.69, 9.17) is 9.47 Å². The van der Waals surface area contributed by atoms with Crippen molar-refractivity contribution in [3.63, 3.8) is 0 Å². The smallest absolute Gasteiger partial charge is 0.411 e. The van der Waals surface area contributed by atoms with Gasteiger partial charge in [0.25, 0.3) is 10.0 Å².